The fourth-order valence-electron chi connectivity index (χ4n) is 4.92. The van der Waals surface area contributed by atoms with Gasteiger partial charge in [0.2, 0.25) is 5.91 Å². The minimum atomic E-state index is 0.220. The Morgan fingerprint density at radius 3 is 2.20 bits per heavy atom. The molecule has 0 saturated carbocycles. The van der Waals surface area contributed by atoms with E-state index < -0.39 is 0 Å². The van der Waals surface area contributed by atoms with Gasteiger partial charge in [0, 0.05) is 24.4 Å². The first-order valence-corrected chi connectivity index (χ1v) is 11.0. The number of piperidine rings is 1. The second-order valence-corrected chi connectivity index (χ2v) is 8.93. The molecule has 2 fully saturated rings. The highest BCUT2D eigenvalue weighted by molar-refractivity contribution is 5.79. The van der Waals surface area contributed by atoms with E-state index in [9.17, 15) is 4.79 Å². The van der Waals surface area contributed by atoms with Crippen molar-refractivity contribution in [2.24, 2.45) is 17.3 Å². The Labute approximate surface area is 156 Å². The number of carbonyl (C=O) groups excluding carboxylic acids is 1. The number of likely N-dealkylation sites (tertiary alicyclic amines) is 2. The molecule has 146 valence electrons. The minimum absolute atomic E-state index is 0.220. The van der Waals surface area contributed by atoms with Crippen molar-refractivity contribution in [3.05, 3.63) is 0 Å². The van der Waals surface area contributed by atoms with E-state index in [1.807, 2.05) is 0 Å². The van der Waals surface area contributed by atoms with Crippen molar-refractivity contribution in [2.75, 3.05) is 32.7 Å². The maximum atomic E-state index is 12.4. The van der Waals surface area contributed by atoms with Crippen molar-refractivity contribution < 1.29 is 4.79 Å². The highest BCUT2D eigenvalue weighted by Crippen LogP contribution is 2.41. The van der Waals surface area contributed by atoms with Crippen LogP contribution in [0, 0.1) is 17.3 Å². The van der Waals surface area contributed by atoms with Crippen molar-refractivity contribution >= 4 is 5.91 Å². The molecular formula is C22H42N2O. The van der Waals surface area contributed by atoms with Crippen LogP contribution in [0.2, 0.25) is 0 Å². The molecule has 0 aromatic heterocycles. The van der Waals surface area contributed by atoms with Crippen molar-refractivity contribution in [2.45, 2.75) is 85.5 Å². The molecule has 2 atom stereocenters. The molecule has 3 heteroatoms. The largest absolute Gasteiger partial charge is 0.341 e. The summed E-state index contributed by atoms with van der Waals surface area (Å²) >= 11 is 0. The Morgan fingerprint density at radius 2 is 1.64 bits per heavy atom. The predicted octanol–water partition coefficient (Wildman–Crippen LogP) is 4.95. The molecule has 25 heavy (non-hydrogen) atoms. The predicted molar refractivity (Wildman–Crippen MR) is 107 cm³/mol. The number of carbonyl (C=O) groups is 1. The monoisotopic (exact) mass is 350 g/mol. The van der Waals surface area contributed by atoms with E-state index in [-0.39, 0.29) is 5.92 Å². The molecule has 2 heterocycles. The Bertz CT molecular complexity index is 393. The number of amides is 1. The van der Waals surface area contributed by atoms with Gasteiger partial charge in [0.15, 0.2) is 0 Å². The molecule has 1 amide bonds. The van der Waals surface area contributed by atoms with E-state index in [0.717, 1.165) is 31.8 Å². The molecule has 2 saturated heterocycles. The van der Waals surface area contributed by atoms with Gasteiger partial charge in [-0.2, -0.15) is 0 Å². The van der Waals surface area contributed by atoms with Crippen molar-refractivity contribution in [1.29, 1.82) is 0 Å². The minimum Gasteiger partial charge on any atom is -0.341 e. The molecular weight excluding hydrogens is 308 g/mol. The Balaban J connectivity index is 1.63. The lowest BCUT2D eigenvalue weighted by atomic mass is 9.71. The summed E-state index contributed by atoms with van der Waals surface area (Å²) in [6.07, 6.45) is 11.6. The Kier molecular flexibility index (Phi) is 8.25. The van der Waals surface area contributed by atoms with E-state index >= 15 is 0 Å². The first kappa shape index (κ1) is 20.7. The first-order valence-electron chi connectivity index (χ1n) is 11.0. The van der Waals surface area contributed by atoms with E-state index in [1.165, 1.54) is 64.6 Å². The molecule has 0 radical (unpaired) electrons. The van der Waals surface area contributed by atoms with E-state index in [4.69, 9.17) is 0 Å². The zero-order valence-corrected chi connectivity index (χ0v) is 17.4. The summed E-state index contributed by atoms with van der Waals surface area (Å²) < 4.78 is 0. The Morgan fingerprint density at radius 1 is 1.00 bits per heavy atom. The number of rotatable bonds is 10. The van der Waals surface area contributed by atoms with Gasteiger partial charge < -0.3 is 9.80 Å². The normalized spacial score (nSPS) is 22.6. The fraction of sp³-hybridized carbons (Fsp3) is 0.955. The second kappa shape index (κ2) is 9.94. The summed E-state index contributed by atoms with van der Waals surface area (Å²) in [4.78, 5) is 17.2. The number of hydrogen-bond acceptors (Lipinski definition) is 2. The van der Waals surface area contributed by atoms with Gasteiger partial charge in [0.1, 0.15) is 0 Å². The van der Waals surface area contributed by atoms with Gasteiger partial charge in [-0.05, 0) is 57.7 Å². The maximum Gasteiger partial charge on any atom is 0.225 e. The van der Waals surface area contributed by atoms with Crippen LogP contribution in [0.1, 0.15) is 85.5 Å². The molecule has 2 rings (SSSR count). The summed E-state index contributed by atoms with van der Waals surface area (Å²) in [6, 6.07) is 0. The molecule has 1 spiro atoms. The fourth-order valence-corrected chi connectivity index (χ4v) is 4.92. The highest BCUT2D eigenvalue weighted by atomic mass is 16.2. The van der Waals surface area contributed by atoms with Crippen LogP contribution in [0.5, 0.6) is 0 Å². The average Bonchev–Trinajstić information content (AvgIpc) is 2.59. The third kappa shape index (κ3) is 5.70. The lowest BCUT2D eigenvalue weighted by Gasteiger charge is -2.54. The SMILES string of the molecule is CCCC(CC)CCCN1CCC2(CC1)CN(C(=O)C(C)CCC)C2. The van der Waals surface area contributed by atoms with Crippen LogP contribution < -0.4 is 0 Å². The van der Waals surface area contributed by atoms with E-state index in [1.54, 1.807) is 0 Å². The summed E-state index contributed by atoms with van der Waals surface area (Å²) in [5, 5.41) is 0. The molecule has 2 aliphatic heterocycles. The smallest absolute Gasteiger partial charge is 0.225 e. The second-order valence-electron chi connectivity index (χ2n) is 8.93. The quantitative estimate of drug-likeness (QED) is 0.556. The van der Waals surface area contributed by atoms with Gasteiger partial charge in [-0.25, -0.2) is 0 Å². The van der Waals surface area contributed by atoms with Crippen molar-refractivity contribution in [3.8, 4) is 0 Å². The molecule has 0 aliphatic carbocycles. The molecule has 0 N–H and O–H groups in total. The van der Waals surface area contributed by atoms with Crippen molar-refractivity contribution in [1.82, 2.24) is 9.80 Å². The van der Waals surface area contributed by atoms with Crippen LogP contribution in [0.3, 0.4) is 0 Å². The standard InChI is InChI=1S/C22H42N2O/c1-5-9-19(4)21(25)24-17-22(18-24)12-15-23(16-13-22)14-8-11-20(7-3)10-6-2/h19-20H,5-18H2,1-4H3. The number of hydrogen-bond donors (Lipinski definition) is 0. The zero-order valence-electron chi connectivity index (χ0n) is 17.4. The van der Waals surface area contributed by atoms with Gasteiger partial charge in [-0.15, -0.1) is 0 Å². The van der Waals surface area contributed by atoms with Crippen LogP contribution in [0.25, 0.3) is 0 Å². The first-order chi connectivity index (χ1) is 12.0. The third-order valence-electron chi connectivity index (χ3n) is 6.79. The lowest BCUT2D eigenvalue weighted by Crippen LogP contribution is -2.62. The summed E-state index contributed by atoms with van der Waals surface area (Å²) in [7, 11) is 0. The van der Waals surface area contributed by atoms with Gasteiger partial charge in [0.25, 0.3) is 0 Å². The number of nitrogens with zero attached hydrogens (tertiary/aromatic N) is 2. The molecule has 0 aromatic carbocycles. The summed E-state index contributed by atoms with van der Waals surface area (Å²) in [5.41, 5.74) is 0.465. The van der Waals surface area contributed by atoms with Crippen LogP contribution in [0.4, 0.5) is 0 Å². The van der Waals surface area contributed by atoms with Crippen LogP contribution in [-0.2, 0) is 4.79 Å². The lowest BCUT2D eigenvalue weighted by molar-refractivity contribution is -0.151. The average molecular weight is 351 g/mol. The molecule has 0 bridgehead atoms. The maximum absolute atomic E-state index is 12.4. The van der Waals surface area contributed by atoms with Gasteiger partial charge in [0.05, 0.1) is 0 Å². The third-order valence-corrected chi connectivity index (χ3v) is 6.79. The van der Waals surface area contributed by atoms with Crippen LogP contribution in [-0.4, -0.2) is 48.4 Å². The highest BCUT2D eigenvalue weighted by Gasteiger charge is 2.46. The summed E-state index contributed by atoms with van der Waals surface area (Å²) in [6.45, 7) is 14.8. The Hall–Kier alpha value is -0.570. The van der Waals surface area contributed by atoms with Crippen LogP contribution >= 0.6 is 0 Å². The zero-order chi connectivity index (χ0) is 18.3. The van der Waals surface area contributed by atoms with E-state index in [0.29, 0.717) is 11.3 Å². The van der Waals surface area contributed by atoms with E-state index in [2.05, 4.69) is 37.5 Å². The van der Waals surface area contributed by atoms with Gasteiger partial charge >= 0.3 is 0 Å². The molecule has 2 aliphatic rings. The molecule has 0 aromatic rings. The van der Waals surface area contributed by atoms with Gasteiger partial charge in [-0.3, -0.25) is 4.79 Å². The molecule has 3 nitrogen and oxygen atoms in total. The topological polar surface area (TPSA) is 23.6 Å². The molecule has 2 unspecified atom stereocenters. The summed E-state index contributed by atoms with van der Waals surface area (Å²) in [5.74, 6) is 1.56. The van der Waals surface area contributed by atoms with Crippen LogP contribution in [0.15, 0.2) is 0 Å². The van der Waals surface area contributed by atoms with Crippen molar-refractivity contribution in [3.63, 3.8) is 0 Å². The van der Waals surface area contributed by atoms with Gasteiger partial charge in [-0.1, -0.05) is 53.4 Å².